The second kappa shape index (κ2) is 13.0. The lowest BCUT2D eigenvalue weighted by molar-refractivity contribution is -0.149. The van der Waals surface area contributed by atoms with Gasteiger partial charge in [0, 0.05) is 42.8 Å². The second-order valence-electron chi connectivity index (χ2n) is 11.1. The van der Waals surface area contributed by atoms with Crippen molar-refractivity contribution in [2.24, 2.45) is 11.8 Å². The molecule has 3 heterocycles. The monoisotopic (exact) mass is 615 g/mol. The molecule has 1 aromatic rings. The minimum Gasteiger partial charge on any atom is -0.396 e. The van der Waals surface area contributed by atoms with Gasteiger partial charge < -0.3 is 24.5 Å². The molecule has 4 unspecified atom stereocenters. The maximum absolute atomic E-state index is 14.4. The van der Waals surface area contributed by atoms with Crippen molar-refractivity contribution in [1.29, 1.82) is 0 Å². The number of ether oxygens (including phenoxy) is 1. The normalized spacial score (nSPS) is 29.2. The van der Waals surface area contributed by atoms with Crippen LogP contribution in [0.1, 0.15) is 46.0 Å². The Bertz CT molecular complexity index is 1100. The fourth-order valence-electron chi connectivity index (χ4n) is 6.92. The topological polar surface area (TPSA) is 90.4 Å². The molecule has 40 heavy (non-hydrogen) atoms. The number of halogens is 1. The standard InChI is InChI=1S/C31H42BrN3O5/c1-5-13-21(4)33(16-6-2)30(39)27-31-20-23(32)26(40-31)24(25(31)29(38)35(27)18-11-12-19-36)28(37)34(17-7-3)22-14-9-8-10-15-22/h6-10,14-15,21,23-27,36H,2-3,5,11-13,16-20H2,1,4H3/t21?,23?,24-,25-,26-,27?,31?/m0/s1. The number of carbonyl (C=O) groups is 3. The summed E-state index contributed by atoms with van der Waals surface area (Å²) in [6.45, 7) is 12.8. The van der Waals surface area contributed by atoms with E-state index in [4.69, 9.17) is 4.74 Å². The zero-order valence-corrected chi connectivity index (χ0v) is 25.2. The number of benzene rings is 1. The van der Waals surface area contributed by atoms with E-state index in [1.807, 2.05) is 37.3 Å². The summed E-state index contributed by atoms with van der Waals surface area (Å²) in [4.78, 5) is 47.9. The van der Waals surface area contributed by atoms with Crippen LogP contribution in [0.15, 0.2) is 55.6 Å². The number of aliphatic hydroxyl groups is 1. The lowest BCUT2D eigenvalue weighted by atomic mass is 9.70. The summed E-state index contributed by atoms with van der Waals surface area (Å²) in [6, 6.07) is 8.46. The first kappa shape index (κ1) is 30.5. The van der Waals surface area contributed by atoms with Crippen molar-refractivity contribution in [3.63, 3.8) is 0 Å². The van der Waals surface area contributed by atoms with Gasteiger partial charge in [-0.25, -0.2) is 0 Å². The summed E-state index contributed by atoms with van der Waals surface area (Å²) in [5.74, 6) is -2.11. The molecule has 7 atom stereocenters. The smallest absolute Gasteiger partial charge is 0.248 e. The fourth-order valence-corrected chi connectivity index (χ4v) is 7.86. The van der Waals surface area contributed by atoms with E-state index < -0.39 is 29.6 Å². The third-order valence-corrected chi connectivity index (χ3v) is 9.45. The van der Waals surface area contributed by atoms with E-state index in [-0.39, 0.29) is 41.7 Å². The quantitative estimate of drug-likeness (QED) is 0.195. The molecule has 1 aromatic carbocycles. The van der Waals surface area contributed by atoms with E-state index in [0.717, 1.165) is 18.5 Å². The fraction of sp³-hybridized carbons (Fsp3) is 0.581. The number of para-hydroxylation sites is 1. The number of alkyl halides is 1. The van der Waals surface area contributed by atoms with E-state index in [1.54, 1.807) is 26.9 Å². The number of hydrogen-bond acceptors (Lipinski definition) is 5. The number of nitrogens with zero attached hydrogens (tertiary/aromatic N) is 3. The van der Waals surface area contributed by atoms with Gasteiger partial charge in [-0.3, -0.25) is 14.4 Å². The summed E-state index contributed by atoms with van der Waals surface area (Å²) in [6.07, 6.45) is 6.11. The summed E-state index contributed by atoms with van der Waals surface area (Å²) in [5.41, 5.74) is -0.396. The van der Waals surface area contributed by atoms with Gasteiger partial charge in [0.05, 0.1) is 17.9 Å². The lowest BCUT2D eigenvalue weighted by Crippen LogP contribution is -2.58. The van der Waals surface area contributed by atoms with Crippen molar-refractivity contribution in [2.75, 3.05) is 31.1 Å². The Morgan fingerprint density at radius 3 is 2.52 bits per heavy atom. The van der Waals surface area contributed by atoms with Crippen LogP contribution in [0.4, 0.5) is 5.69 Å². The minimum atomic E-state index is -1.12. The molecule has 3 saturated heterocycles. The molecule has 2 bridgehead atoms. The largest absolute Gasteiger partial charge is 0.396 e. The van der Waals surface area contributed by atoms with Crippen molar-refractivity contribution in [2.45, 2.75) is 74.6 Å². The van der Waals surface area contributed by atoms with Gasteiger partial charge >= 0.3 is 0 Å². The van der Waals surface area contributed by atoms with Crippen molar-refractivity contribution in [1.82, 2.24) is 9.80 Å². The molecule has 3 aliphatic rings. The lowest BCUT2D eigenvalue weighted by Gasteiger charge is -2.39. The van der Waals surface area contributed by atoms with E-state index in [0.29, 0.717) is 32.4 Å². The van der Waals surface area contributed by atoms with Crippen molar-refractivity contribution < 1.29 is 24.2 Å². The summed E-state index contributed by atoms with van der Waals surface area (Å²) < 4.78 is 6.70. The molecule has 0 radical (unpaired) electrons. The predicted octanol–water partition coefficient (Wildman–Crippen LogP) is 3.93. The average molecular weight is 617 g/mol. The van der Waals surface area contributed by atoms with E-state index >= 15 is 0 Å². The van der Waals surface area contributed by atoms with Crippen LogP contribution in [-0.4, -0.2) is 87.5 Å². The van der Waals surface area contributed by atoms with Crippen LogP contribution < -0.4 is 4.90 Å². The highest BCUT2D eigenvalue weighted by Crippen LogP contribution is 2.60. The van der Waals surface area contributed by atoms with Crippen molar-refractivity contribution in [3.8, 4) is 0 Å². The van der Waals surface area contributed by atoms with Gasteiger partial charge in [-0.15, -0.1) is 13.2 Å². The van der Waals surface area contributed by atoms with Crippen LogP contribution in [0.5, 0.6) is 0 Å². The molecular weight excluding hydrogens is 574 g/mol. The van der Waals surface area contributed by atoms with Crippen molar-refractivity contribution in [3.05, 3.63) is 55.6 Å². The molecule has 3 fully saturated rings. The Kier molecular flexibility index (Phi) is 9.90. The number of likely N-dealkylation sites (tertiary alicyclic amines) is 1. The number of aliphatic hydroxyl groups excluding tert-OH is 1. The first-order chi connectivity index (χ1) is 19.3. The zero-order valence-electron chi connectivity index (χ0n) is 23.6. The highest BCUT2D eigenvalue weighted by atomic mass is 79.9. The second-order valence-corrected chi connectivity index (χ2v) is 12.3. The van der Waals surface area contributed by atoms with E-state index in [1.165, 1.54) is 0 Å². The highest BCUT2D eigenvalue weighted by Gasteiger charge is 2.76. The first-order valence-electron chi connectivity index (χ1n) is 14.4. The van der Waals surface area contributed by atoms with Crippen LogP contribution in [0, 0.1) is 11.8 Å². The van der Waals surface area contributed by atoms with E-state index in [2.05, 4.69) is 36.0 Å². The SMILES string of the molecule is C=CCN(C(=O)[C@H]1[C@H]2C(=O)N(CCCCO)C(C(=O)N(CC=C)C(C)CCC)C23CC(Br)[C@@H]1O3)c1ccccc1. The van der Waals surface area contributed by atoms with Crippen LogP contribution >= 0.6 is 15.9 Å². The van der Waals surface area contributed by atoms with Gasteiger partial charge in [0.1, 0.15) is 11.6 Å². The third-order valence-electron chi connectivity index (χ3n) is 8.61. The summed E-state index contributed by atoms with van der Waals surface area (Å²) in [7, 11) is 0. The van der Waals surface area contributed by atoms with Gasteiger partial charge in [-0.1, -0.05) is 59.6 Å². The van der Waals surface area contributed by atoms with Gasteiger partial charge in [0.15, 0.2) is 0 Å². The maximum Gasteiger partial charge on any atom is 0.248 e. The van der Waals surface area contributed by atoms with Gasteiger partial charge in [-0.05, 0) is 44.7 Å². The number of hydrogen-bond donors (Lipinski definition) is 1. The van der Waals surface area contributed by atoms with Gasteiger partial charge in [-0.2, -0.15) is 0 Å². The molecule has 1 N–H and O–H groups in total. The Hall–Kier alpha value is -2.49. The molecule has 8 nitrogen and oxygen atoms in total. The van der Waals surface area contributed by atoms with Crippen LogP contribution in [0.3, 0.4) is 0 Å². The predicted molar refractivity (Wildman–Crippen MR) is 159 cm³/mol. The molecule has 3 amide bonds. The molecule has 218 valence electrons. The number of amides is 3. The van der Waals surface area contributed by atoms with Gasteiger partial charge in [0.25, 0.3) is 0 Å². The first-order valence-corrected chi connectivity index (χ1v) is 15.3. The highest BCUT2D eigenvalue weighted by molar-refractivity contribution is 9.09. The average Bonchev–Trinajstić information content (AvgIpc) is 3.53. The Morgan fingerprint density at radius 2 is 1.90 bits per heavy atom. The molecular formula is C31H42BrN3O5. The molecule has 0 saturated carbocycles. The van der Waals surface area contributed by atoms with E-state index in [9.17, 15) is 19.5 Å². The minimum absolute atomic E-state index is 0.00207. The number of anilines is 1. The van der Waals surface area contributed by atoms with Crippen LogP contribution in [-0.2, 0) is 19.1 Å². The Morgan fingerprint density at radius 1 is 1.20 bits per heavy atom. The number of unbranched alkanes of at least 4 members (excludes halogenated alkanes) is 1. The third kappa shape index (κ3) is 5.28. The Balaban J connectivity index is 1.77. The van der Waals surface area contributed by atoms with Crippen molar-refractivity contribution >= 4 is 39.3 Å². The molecule has 1 spiro atoms. The number of carbonyl (C=O) groups excluding carboxylic acids is 3. The van der Waals surface area contributed by atoms with Gasteiger partial charge in [0.2, 0.25) is 17.7 Å². The summed E-state index contributed by atoms with van der Waals surface area (Å²) >= 11 is 3.76. The molecule has 4 rings (SSSR count). The summed E-state index contributed by atoms with van der Waals surface area (Å²) in [5, 5.41) is 9.43. The zero-order chi connectivity index (χ0) is 29.0. The van der Waals surface area contributed by atoms with Crippen LogP contribution in [0.25, 0.3) is 0 Å². The Labute approximate surface area is 246 Å². The molecule has 9 heteroatoms. The molecule has 3 aliphatic heterocycles. The molecule has 0 aliphatic carbocycles. The number of rotatable bonds is 14. The van der Waals surface area contributed by atoms with Crippen LogP contribution in [0.2, 0.25) is 0 Å². The number of fused-ring (bicyclic) bond motifs is 1. The maximum atomic E-state index is 14.4. The molecule has 0 aromatic heterocycles.